The largest absolute Gasteiger partial charge is 0.469 e. The molecule has 0 spiro atoms. The van der Waals surface area contributed by atoms with Crippen LogP contribution in [0.2, 0.25) is 0 Å². The summed E-state index contributed by atoms with van der Waals surface area (Å²) in [5.41, 5.74) is -1.09. The lowest BCUT2D eigenvalue weighted by molar-refractivity contribution is -0.388. The SMILES string of the molecule is COC(=O)Cc1cc(C=O)cc(F)c1[N+](=O)[O-]. The summed E-state index contributed by atoms with van der Waals surface area (Å²) in [6, 6.07) is 1.83. The van der Waals surface area contributed by atoms with Gasteiger partial charge in [0.25, 0.3) is 0 Å². The van der Waals surface area contributed by atoms with Gasteiger partial charge in [-0.25, -0.2) is 0 Å². The van der Waals surface area contributed by atoms with Gasteiger partial charge in [0.15, 0.2) is 0 Å². The third kappa shape index (κ3) is 2.83. The number of nitro groups is 1. The monoisotopic (exact) mass is 241 g/mol. The highest BCUT2D eigenvalue weighted by atomic mass is 19.1. The number of hydrogen-bond donors (Lipinski definition) is 0. The standard InChI is InChI=1S/C10H8FNO5/c1-17-9(14)4-7-2-6(5-13)3-8(11)10(7)12(15)16/h2-3,5H,4H2,1H3. The molecule has 0 amide bonds. The highest BCUT2D eigenvalue weighted by Crippen LogP contribution is 2.24. The number of aldehydes is 1. The van der Waals surface area contributed by atoms with Crippen molar-refractivity contribution in [2.24, 2.45) is 0 Å². The van der Waals surface area contributed by atoms with Gasteiger partial charge in [-0.1, -0.05) is 0 Å². The first kappa shape index (κ1) is 12.8. The maximum Gasteiger partial charge on any atom is 0.310 e. The van der Waals surface area contributed by atoms with E-state index in [1.54, 1.807) is 0 Å². The van der Waals surface area contributed by atoms with Crippen LogP contribution in [0.4, 0.5) is 10.1 Å². The molecule has 0 aromatic heterocycles. The van der Waals surface area contributed by atoms with Gasteiger partial charge >= 0.3 is 11.7 Å². The van der Waals surface area contributed by atoms with Crippen molar-refractivity contribution in [3.05, 3.63) is 39.2 Å². The third-order valence-corrected chi connectivity index (χ3v) is 2.05. The van der Waals surface area contributed by atoms with Crippen molar-refractivity contribution in [3.8, 4) is 0 Å². The maximum absolute atomic E-state index is 13.4. The molecule has 7 heteroatoms. The molecule has 1 rings (SSSR count). The van der Waals surface area contributed by atoms with Gasteiger partial charge in [0.05, 0.1) is 18.5 Å². The van der Waals surface area contributed by atoms with Crippen LogP contribution in [0.1, 0.15) is 15.9 Å². The Morgan fingerprint density at radius 1 is 1.59 bits per heavy atom. The van der Waals surface area contributed by atoms with E-state index < -0.39 is 28.8 Å². The molecule has 0 unspecified atom stereocenters. The Balaban J connectivity index is 3.31. The second kappa shape index (κ2) is 5.15. The second-order valence-electron chi connectivity index (χ2n) is 3.14. The quantitative estimate of drug-likeness (QED) is 0.343. The van der Waals surface area contributed by atoms with E-state index in [4.69, 9.17) is 0 Å². The lowest BCUT2D eigenvalue weighted by Crippen LogP contribution is -2.08. The summed E-state index contributed by atoms with van der Waals surface area (Å²) in [6.45, 7) is 0. The van der Waals surface area contributed by atoms with Gasteiger partial charge in [-0.05, 0) is 12.1 Å². The minimum atomic E-state index is -1.15. The number of esters is 1. The fourth-order valence-electron chi connectivity index (χ4n) is 1.31. The van der Waals surface area contributed by atoms with Crippen LogP contribution in [0.15, 0.2) is 12.1 Å². The zero-order valence-corrected chi connectivity index (χ0v) is 8.81. The first-order chi connectivity index (χ1) is 7.99. The van der Waals surface area contributed by atoms with E-state index in [1.807, 2.05) is 0 Å². The van der Waals surface area contributed by atoms with E-state index in [2.05, 4.69) is 4.74 Å². The van der Waals surface area contributed by atoms with Crippen molar-refractivity contribution in [2.45, 2.75) is 6.42 Å². The van der Waals surface area contributed by atoms with Crippen molar-refractivity contribution in [2.75, 3.05) is 7.11 Å². The number of nitro benzene ring substituents is 1. The Labute approximate surface area is 95.1 Å². The predicted octanol–water partition coefficient (Wildman–Crippen LogP) is 1.26. The number of hydrogen-bond acceptors (Lipinski definition) is 5. The summed E-state index contributed by atoms with van der Waals surface area (Å²) in [7, 11) is 1.11. The fourth-order valence-corrected chi connectivity index (χ4v) is 1.31. The summed E-state index contributed by atoms with van der Waals surface area (Å²) in [4.78, 5) is 31.2. The molecule has 0 bridgehead atoms. The number of halogens is 1. The summed E-state index contributed by atoms with van der Waals surface area (Å²) in [5, 5.41) is 10.6. The normalized spacial score (nSPS) is 9.76. The molecule has 17 heavy (non-hydrogen) atoms. The van der Waals surface area contributed by atoms with Gasteiger partial charge < -0.3 is 4.74 Å². The smallest absolute Gasteiger partial charge is 0.310 e. The number of benzene rings is 1. The van der Waals surface area contributed by atoms with Crippen molar-refractivity contribution in [1.29, 1.82) is 0 Å². The van der Waals surface area contributed by atoms with Crippen molar-refractivity contribution >= 4 is 17.9 Å². The van der Waals surface area contributed by atoms with Crippen molar-refractivity contribution in [1.82, 2.24) is 0 Å². The Bertz CT molecular complexity index is 486. The number of carbonyl (C=O) groups excluding carboxylic acids is 2. The summed E-state index contributed by atoms with van der Waals surface area (Å²) < 4.78 is 17.7. The van der Waals surface area contributed by atoms with Crippen LogP contribution in [0.3, 0.4) is 0 Å². The van der Waals surface area contributed by atoms with Gasteiger partial charge in [-0.3, -0.25) is 19.7 Å². The first-order valence-electron chi connectivity index (χ1n) is 4.48. The average Bonchev–Trinajstić information content (AvgIpc) is 2.27. The molecule has 1 aromatic carbocycles. The minimum Gasteiger partial charge on any atom is -0.469 e. The molecule has 0 aliphatic rings. The zero-order chi connectivity index (χ0) is 13.0. The van der Waals surface area contributed by atoms with E-state index >= 15 is 0 Å². The van der Waals surface area contributed by atoms with Crippen LogP contribution in [-0.4, -0.2) is 24.3 Å². The van der Waals surface area contributed by atoms with Crippen LogP contribution in [-0.2, 0) is 16.0 Å². The maximum atomic E-state index is 13.4. The van der Waals surface area contributed by atoms with Crippen molar-refractivity contribution in [3.63, 3.8) is 0 Å². The van der Waals surface area contributed by atoms with Crippen LogP contribution < -0.4 is 0 Å². The summed E-state index contributed by atoms with van der Waals surface area (Å²) in [6.07, 6.45) is -0.126. The molecule has 0 fully saturated rings. The van der Waals surface area contributed by atoms with Gasteiger partial charge in [-0.15, -0.1) is 0 Å². The molecule has 0 aliphatic carbocycles. The Morgan fingerprint density at radius 3 is 2.71 bits per heavy atom. The van der Waals surface area contributed by atoms with Gasteiger partial charge in [0, 0.05) is 11.1 Å². The number of rotatable bonds is 4. The molecular weight excluding hydrogens is 233 g/mol. The van der Waals surface area contributed by atoms with Gasteiger partial charge in [0.2, 0.25) is 5.82 Å². The third-order valence-electron chi connectivity index (χ3n) is 2.05. The van der Waals surface area contributed by atoms with Crippen LogP contribution in [0.5, 0.6) is 0 Å². The van der Waals surface area contributed by atoms with Crippen molar-refractivity contribution < 1.29 is 23.6 Å². The zero-order valence-electron chi connectivity index (χ0n) is 8.81. The Hall–Kier alpha value is -2.31. The number of carbonyl (C=O) groups is 2. The lowest BCUT2D eigenvalue weighted by Gasteiger charge is -2.03. The molecule has 6 nitrogen and oxygen atoms in total. The predicted molar refractivity (Wildman–Crippen MR) is 54.2 cm³/mol. The Morgan fingerprint density at radius 2 is 2.24 bits per heavy atom. The highest BCUT2D eigenvalue weighted by molar-refractivity contribution is 5.79. The van der Waals surface area contributed by atoms with Gasteiger partial charge in [0.1, 0.15) is 6.29 Å². The summed E-state index contributed by atoms with van der Waals surface area (Å²) in [5.74, 6) is -1.91. The van der Waals surface area contributed by atoms with Gasteiger partial charge in [-0.2, -0.15) is 4.39 Å². The second-order valence-corrected chi connectivity index (χ2v) is 3.14. The molecule has 1 aromatic rings. The van der Waals surface area contributed by atoms with Crippen LogP contribution in [0, 0.1) is 15.9 Å². The molecule has 0 radical (unpaired) electrons. The molecule has 90 valence electrons. The molecule has 0 N–H and O–H groups in total. The number of nitrogens with zero attached hydrogens (tertiary/aromatic N) is 1. The molecule has 0 heterocycles. The average molecular weight is 241 g/mol. The van der Waals surface area contributed by atoms with Crippen LogP contribution >= 0.6 is 0 Å². The van der Waals surface area contributed by atoms with E-state index in [-0.39, 0.29) is 11.1 Å². The number of methoxy groups -OCH3 is 1. The topological polar surface area (TPSA) is 86.5 Å². The molecule has 0 saturated heterocycles. The fraction of sp³-hybridized carbons (Fsp3) is 0.200. The van der Waals surface area contributed by atoms with E-state index in [0.29, 0.717) is 6.29 Å². The van der Waals surface area contributed by atoms with Crippen LogP contribution in [0.25, 0.3) is 0 Å². The molecular formula is C10H8FNO5. The molecule has 0 saturated carbocycles. The first-order valence-corrected chi connectivity index (χ1v) is 4.48. The van der Waals surface area contributed by atoms with E-state index in [9.17, 15) is 24.1 Å². The lowest BCUT2D eigenvalue weighted by atomic mass is 10.1. The number of ether oxygens (including phenoxy) is 1. The minimum absolute atomic E-state index is 0.0768. The highest BCUT2D eigenvalue weighted by Gasteiger charge is 2.23. The van der Waals surface area contributed by atoms with E-state index in [0.717, 1.165) is 19.2 Å². The Kier molecular flexibility index (Phi) is 3.86. The summed E-state index contributed by atoms with van der Waals surface area (Å²) >= 11 is 0. The molecule has 0 aliphatic heterocycles. The van der Waals surface area contributed by atoms with E-state index in [1.165, 1.54) is 0 Å². The molecule has 0 atom stereocenters.